The molecule has 41 heavy (non-hydrogen) atoms. The molecule has 0 aliphatic heterocycles. The van der Waals surface area contributed by atoms with E-state index >= 15 is 0 Å². The van der Waals surface area contributed by atoms with Crippen molar-refractivity contribution in [3.05, 3.63) is 134 Å². The molecule has 1 aliphatic carbocycles. The van der Waals surface area contributed by atoms with Crippen LogP contribution in [-0.2, 0) is 36.0 Å². The molecule has 1 saturated carbocycles. The first kappa shape index (κ1) is 35.7. The third kappa shape index (κ3) is 11.2. The molecule has 1 aliphatic rings. The van der Waals surface area contributed by atoms with Crippen LogP contribution in [0, 0.1) is 18.5 Å². The van der Waals surface area contributed by atoms with Crippen molar-refractivity contribution in [3.63, 3.8) is 0 Å². The van der Waals surface area contributed by atoms with E-state index < -0.39 is 7.92 Å². The van der Waals surface area contributed by atoms with Crippen LogP contribution in [0.4, 0.5) is 0 Å². The Morgan fingerprint density at radius 1 is 0.756 bits per heavy atom. The van der Waals surface area contributed by atoms with Gasteiger partial charge in [-0.25, -0.2) is 0 Å². The second-order valence-electron chi connectivity index (χ2n) is 9.23. The molecule has 212 valence electrons. The van der Waals surface area contributed by atoms with Crippen LogP contribution < -0.4 is 15.9 Å². The van der Waals surface area contributed by atoms with Gasteiger partial charge in [-0.15, -0.1) is 0 Å². The monoisotopic (exact) mass is 607 g/mol. The summed E-state index contributed by atoms with van der Waals surface area (Å²) in [5.41, 5.74) is 1.35. The third-order valence-electron chi connectivity index (χ3n) is 6.70. The molecule has 0 saturated heterocycles. The molecule has 4 aromatic rings. The summed E-state index contributed by atoms with van der Waals surface area (Å²) in [6, 6.07) is 42.8. The zero-order valence-corrected chi connectivity index (χ0v) is 25.6. The van der Waals surface area contributed by atoms with Gasteiger partial charge < -0.3 is 9.53 Å². The summed E-state index contributed by atoms with van der Waals surface area (Å²) in [6.07, 6.45) is 3.52. The fourth-order valence-electron chi connectivity index (χ4n) is 4.90. The van der Waals surface area contributed by atoms with Crippen LogP contribution in [0.15, 0.2) is 121 Å². The molecule has 4 nitrogen and oxygen atoms in total. The molecule has 0 N–H and O–H groups in total. The minimum atomic E-state index is -0.446. The summed E-state index contributed by atoms with van der Waals surface area (Å²) in [7, 11) is 1.03. The number of esters is 1. The Morgan fingerprint density at radius 2 is 1.10 bits per heavy atom. The molecule has 3 atom stereocenters. The van der Waals surface area contributed by atoms with Gasteiger partial charge in [0, 0.05) is 0 Å². The van der Waals surface area contributed by atoms with E-state index in [1.807, 2.05) is 6.07 Å². The standard InChI is InChI=1S/C18H15P.C14H18O2.C2H3O.CO.Fe/c1-4-10-16(11-5-1)19(17-12-6-2-7-13-17)18-14-8-3-9-15-18;1-10-8-12(9-13(10)14(15)16-2)11-6-4-3-5-7-11;1-2-3;1-2;/h1-15H;3-7,10,12-13H,8-9H2,1-2H3;1H3;;/q;;-1;;+2. The quantitative estimate of drug-likeness (QED) is 0.0855. The van der Waals surface area contributed by atoms with Gasteiger partial charge in [0.2, 0.25) is 0 Å². The van der Waals surface area contributed by atoms with E-state index in [-0.39, 0.29) is 29.0 Å². The molecule has 0 aromatic heterocycles. The van der Waals surface area contributed by atoms with E-state index in [0.29, 0.717) is 11.8 Å². The van der Waals surface area contributed by atoms with Gasteiger partial charge in [-0.1, -0.05) is 128 Å². The van der Waals surface area contributed by atoms with Crippen molar-refractivity contribution in [1.29, 1.82) is 0 Å². The predicted octanol–water partition coefficient (Wildman–Crippen LogP) is 6.51. The zero-order chi connectivity index (χ0) is 29.2. The van der Waals surface area contributed by atoms with Crippen molar-refractivity contribution >= 4 is 36.1 Å². The summed E-state index contributed by atoms with van der Waals surface area (Å²) in [5.74, 6) is 0.971. The maximum atomic E-state index is 11.6. The van der Waals surface area contributed by atoms with Crippen molar-refractivity contribution in [2.24, 2.45) is 11.8 Å². The largest absolute Gasteiger partial charge is 2.00 e. The van der Waals surface area contributed by atoms with E-state index in [1.54, 1.807) is 0 Å². The summed E-state index contributed by atoms with van der Waals surface area (Å²) in [6.45, 7) is 7.96. The minimum absolute atomic E-state index is 0. The maximum Gasteiger partial charge on any atom is 2.00 e. The normalized spacial score (nSPS) is 16.6. The third-order valence-corrected chi connectivity index (χ3v) is 9.14. The zero-order valence-electron chi connectivity index (χ0n) is 23.6. The fourth-order valence-corrected chi connectivity index (χ4v) is 7.21. The van der Waals surface area contributed by atoms with E-state index in [1.165, 1.54) is 41.8 Å². The molecule has 0 heterocycles. The van der Waals surface area contributed by atoms with Gasteiger partial charge in [0.05, 0.1) is 13.0 Å². The molecule has 0 amide bonds. The Kier molecular flexibility index (Phi) is 17.9. The van der Waals surface area contributed by atoms with Gasteiger partial charge in [-0.05, 0) is 54.1 Å². The SMILES string of the molecule is COC(=O)C1CC(c2ccccc2)CC1C.C[C-]=O.[C-]#[O+].[Fe+2].c1ccc(P(c2ccccc2)c2ccccc2)cc1. The first-order valence-electron chi connectivity index (χ1n) is 13.2. The average Bonchev–Trinajstić information content (AvgIpc) is 3.42. The van der Waals surface area contributed by atoms with Crippen LogP contribution in [0.2, 0.25) is 0 Å². The Balaban J connectivity index is 0.000000351. The summed E-state index contributed by atoms with van der Waals surface area (Å²) in [4.78, 5) is 20.3. The Bertz CT molecular complexity index is 1170. The molecule has 6 heteroatoms. The van der Waals surface area contributed by atoms with Crippen molar-refractivity contribution in [3.8, 4) is 0 Å². The second kappa shape index (κ2) is 20.6. The number of ether oxygens (including phenoxy) is 1. The van der Waals surface area contributed by atoms with Crippen molar-refractivity contribution in [2.75, 3.05) is 7.11 Å². The van der Waals surface area contributed by atoms with Crippen molar-refractivity contribution in [2.45, 2.75) is 32.6 Å². The fraction of sp³-hybridized carbons (Fsp3) is 0.229. The van der Waals surface area contributed by atoms with Gasteiger partial charge in [0.1, 0.15) is 0 Å². The maximum absolute atomic E-state index is 11.6. The number of rotatable bonds is 5. The molecule has 0 radical (unpaired) electrons. The summed E-state index contributed by atoms with van der Waals surface area (Å²) >= 11 is 0. The number of hydrogen-bond acceptors (Lipinski definition) is 3. The predicted molar refractivity (Wildman–Crippen MR) is 164 cm³/mol. The number of carbonyl (C=O) groups is 1. The first-order valence-corrected chi connectivity index (χ1v) is 14.5. The minimum Gasteiger partial charge on any atom is -0.0622 e. The molecule has 3 unspecified atom stereocenters. The number of carbonyl (C=O) groups excluding carboxylic acids is 2. The van der Waals surface area contributed by atoms with E-state index in [9.17, 15) is 4.79 Å². The van der Waals surface area contributed by atoms with Crippen LogP contribution >= 0.6 is 7.92 Å². The van der Waals surface area contributed by atoms with Crippen molar-refractivity contribution < 1.29 is 36.0 Å². The Morgan fingerprint density at radius 3 is 1.44 bits per heavy atom. The molecular weight excluding hydrogens is 571 g/mol. The molecular formula is C35H36FeO4P+. The van der Waals surface area contributed by atoms with Gasteiger partial charge in [0.25, 0.3) is 0 Å². The topological polar surface area (TPSA) is 63.3 Å². The van der Waals surface area contributed by atoms with Gasteiger partial charge in [0.15, 0.2) is 0 Å². The van der Waals surface area contributed by atoms with Gasteiger partial charge >= 0.3 is 34.3 Å². The van der Waals surface area contributed by atoms with Crippen LogP contribution in [-0.4, -0.2) is 19.4 Å². The smallest absolute Gasteiger partial charge is 0.0622 e. The summed E-state index contributed by atoms with van der Waals surface area (Å²) in [5, 5.41) is 4.19. The molecule has 0 bridgehead atoms. The van der Waals surface area contributed by atoms with Gasteiger partial charge in [-0.3, -0.25) is 11.1 Å². The number of benzene rings is 4. The molecule has 4 aromatic carbocycles. The Labute approximate surface area is 256 Å². The number of methoxy groups -OCH3 is 1. The van der Waals surface area contributed by atoms with Crippen LogP contribution in [0.5, 0.6) is 0 Å². The van der Waals surface area contributed by atoms with Crippen LogP contribution in [0.1, 0.15) is 38.2 Å². The number of hydrogen-bond donors (Lipinski definition) is 0. The van der Waals surface area contributed by atoms with E-state index in [2.05, 4.69) is 129 Å². The Hall–Kier alpha value is -3.29. The van der Waals surface area contributed by atoms with E-state index in [0.717, 1.165) is 12.8 Å². The molecule has 0 spiro atoms. The van der Waals surface area contributed by atoms with Crippen LogP contribution in [0.25, 0.3) is 0 Å². The van der Waals surface area contributed by atoms with Crippen molar-refractivity contribution in [1.82, 2.24) is 0 Å². The first-order chi connectivity index (χ1) is 19.6. The van der Waals surface area contributed by atoms with Crippen LogP contribution in [0.3, 0.4) is 0 Å². The molecule has 5 rings (SSSR count). The average molecular weight is 607 g/mol. The summed E-state index contributed by atoms with van der Waals surface area (Å²) < 4.78 is 12.3. The van der Waals surface area contributed by atoms with E-state index in [4.69, 9.17) is 14.2 Å². The molecule has 1 fully saturated rings. The second-order valence-corrected chi connectivity index (χ2v) is 11.5. The van der Waals surface area contributed by atoms with Gasteiger partial charge in [-0.2, -0.15) is 6.92 Å².